The van der Waals surface area contributed by atoms with Crippen molar-refractivity contribution in [1.82, 2.24) is 4.90 Å². The van der Waals surface area contributed by atoms with Crippen molar-refractivity contribution < 1.29 is 9.18 Å². The number of rotatable bonds is 6. The van der Waals surface area contributed by atoms with Crippen LogP contribution < -0.4 is 11.5 Å². The number of anilines is 1. The number of carbonyl (C=O) groups excluding carboxylic acids is 1. The molecule has 18 heavy (non-hydrogen) atoms. The van der Waals surface area contributed by atoms with Gasteiger partial charge in [0.05, 0.1) is 6.54 Å². The van der Waals surface area contributed by atoms with Crippen LogP contribution in [0.2, 0.25) is 0 Å². The highest BCUT2D eigenvalue weighted by molar-refractivity contribution is 5.75. The van der Waals surface area contributed by atoms with Gasteiger partial charge < -0.3 is 11.5 Å². The first-order valence-corrected chi connectivity index (χ1v) is 5.93. The molecule has 0 spiro atoms. The van der Waals surface area contributed by atoms with Crippen LogP contribution in [0.3, 0.4) is 0 Å². The molecule has 0 saturated carbocycles. The van der Waals surface area contributed by atoms with E-state index in [9.17, 15) is 9.18 Å². The van der Waals surface area contributed by atoms with Crippen molar-refractivity contribution in [2.45, 2.75) is 20.4 Å². The van der Waals surface area contributed by atoms with Crippen LogP contribution in [-0.2, 0) is 11.3 Å². The smallest absolute Gasteiger partial charge is 0.231 e. The summed E-state index contributed by atoms with van der Waals surface area (Å²) in [6.07, 6.45) is 0. The molecule has 0 aliphatic carbocycles. The Kier molecular flexibility index (Phi) is 5.09. The van der Waals surface area contributed by atoms with Crippen LogP contribution in [0.25, 0.3) is 0 Å². The third kappa shape index (κ3) is 4.71. The fourth-order valence-corrected chi connectivity index (χ4v) is 1.85. The Hall–Kier alpha value is -1.62. The van der Waals surface area contributed by atoms with E-state index in [1.54, 1.807) is 12.1 Å². The topological polar surface area (TPSA) is 72.3 Å². The third-order valence-corrected chi connectivity index (χ3v) is 2.47. The second-order valence-electron chi connectivity index (χ2n) is 4.88. The lowest BCUT2D eigenvalue weighted by atomic mass is 10.1. The molecule has 0 bridgehead atoms. The van der Waals surface area contributed by atoms with Crippen LogP contribution in [0.1, 0.15) is 19.4 Å². The summed E-state index contributed by atoms with van der Waals surface area (Å²) in [6.45, 7) is 5.24. The van der Waals surface area contributed by atoms with Gasteiger partial charge in [0, 0.05) is 24.3 Å². The third-order valence-electron chi connectivity index (χ3n) is 2.47. The van der Waals surface area contributed by atoms with E-state index in [0.29, 0.717) is 30.3 Å². The molecule has 0 fully saturated rings. The van der Waals surface area contributed by atoms with E-state index >= 15 is 0 Å². The molecule has 100 valence electrons. The molecule has 0 aliphatic heterocycles. The molecule has 4 nitrogen and oxygen atoms in total. The van der Waals surface area contributed by atoms with Crippen LogP contribution in [-0.4, -0.2) is 23.9 Å². The summed E-state index contributed by atoms with van der Waals surface area (Å²) in [5.41, 5.74) is 11.6. The van der Waals surface area contributed by atoms with Crippen LogP contribution >= 0.6 is 0 Å². The van der Waals surface area contributed by atoms with Crippen molar-refractivity contribution in [3.63, 3.8) is 0 Å². The fourth-order valence-electron chi connectivity index (χ4n) is 1.85. The van der Waals surface area contributed by atoms with E-state index in [4.69, 9.17) is 11.5 Å². The normalized spacial score (nSPS) is 11.2. The predicted octanol–water partition coefficient (Wildman–Crippen LogP) is 1.35. The summed E-state index contributed by atoms with van der Waals surface area (Å²) < 4.78 is 13.7. The van der Waals surface area contributed by atoms with Gasteiger partial charge in [0.2, 0.25) is 5.91 Å². The Bertz CT molecular complexity index is 421. The minimum Gasteiger partial charge on any atom is -0.399 e. The zero-order valence-electron chi connectivity index (χ0n) is 10.8. The lowest BCUT2D eigenvalue weighted by Crippen LogP contribution is -2.36. The Morgan fingerprint density at radius 2 is 2.11 bits per heavy atom. The number of carbonyl (C=O) groups is 1. The second kappa shape index (κ2) is 6.35. The largest absolute Gasteiger partial charge is 0.399 e. The minimum atomic E-state index is -0.411. The van der Waals surface area contributed by atoms with E-state index in [1.165, 1.54) is 6.07 Å². The van der Waals surface area contributed by atoms with Gasteiger partial charge in [-0.2, -0.15) is 0 Å². The van der Waals surface area contributed by atoms with Crippen LogP contribution in [0, 0.1) is 11.7 Å². The summed E-state index contributed by atoms with van der Waals surface area (Å²) in [6, 6.07) is 4.57. The van der Waals surface area contributed by atoms with Crippen molar-refractivity contribution >= 4 is 11.6 Å². The zero-order chi connectivity index (χ0) is 13.7. The number of hydrogen-bond acceptors (Lipinski definition) is 3. The molecule has 1 aromatic carbocycles. The highest BCUT2D eigenvalue weighted by atomic mass is 19.1. The monoisotopic (exact) mass is 253 g/mol. The first-order valence-electron chi connectivity index (χ1n) is 5.93. The SMILES string of the molecule is CC(C)CN(CC(N)=O)Cc1ccc(N)cc1F. The fraction of sp³-hybridized carbons (Fsp3) is 0.462. The van der Waals surface area contributed by atoms with Gasteiger partial charge in [-0.25, -0.2) is 4.39 Å². The molecule has 0 saturated heterocycles. The van der Waals surface area contributed by atoms with Crippen LogP contribution in [0.4, 0.5) is 10.1 Å². The molecular formula is C13H20FN3O. The van der Waals surface area contributed by atoms with Gasteiger partial charge in [-0.15, -0.1) is 0 Å². The van der Waals surface area contributed by atoms with E-state index < -0.39 is 5.91 Å². The Morgan fingerprint density at radius 1 is 1.44 bits per heavy atom. The van der Waals surface area contributed by atoms with Gasteiger partial charge in [-0.1, -0.05) is 19.9 Å². The van der Waals surface area contributed by atoms with Crippen molar-refractivity contribution in [2.24, 2.45) is 11.7 Å². The van der Waals surface area contributed by atoms with Gasteiger partial charge in [0.15, 0.2) is 0 Å². The quantitative estimate of drug-likeness (QED) is 0.752. The molecule has 4 N–H and O–H groups in total. The molecule has 0 radical (unpaired) electrons. The van der Waals surface area contributed by atoms with Crippen LogP contribution in [0.15, 0.2) is 18.2 Å². The lowest BCUT2D eigenvalue weighted by Gasteiger charge is -2.23. The number of nitrogen functional groups attached to an aromatic ring is 1. The summed E-state index contributed by atoms with van der Waals surface area (Å²) in [4.78, 5) is 12.8. The number of hydrogen-bond donors (Lipinski definition) is 2. The molecule has 0 aromatic heterocycles. The molecule has 0 aliphatic rings. The first-order chi connectivity index (χ1) is 8.38. The maximum Gasteiger partial charge on any atom is 0.231 e. The molecule has 5 heteroatoms. The number of primary amides is 1. The molecule has 1 amide bonds. The lowest BCUT2D eigenvalue weighted by molar-refractivity contribution is -0.119. The maximum absolute atomic E-state index is 13.7. The average molecular weight is 253 g/mol. The van der Waals surface area contributed by atoms with Crippen molar-refractivity contribution in [3.8, 4) is 0 Å². The number of nitrogens with zero attached hydrogens (tertiary/aromatic N) is 1. The van der Waals surface area contributed by atoms with Crippen molar-refractivity contribution in [1.29, 1.82) is 0 Å². The van der Waals surface area contributed by atoms with E-state index in [1.807, 2.05) is 18.7 Å². The highest BCUT2D eigenvalue weighted by Crippen LogP contribution is 2.14. The number of halogens is 1. The van der Waals surface area contributed by atoms with Gasteiger partial charge in [0.25, 0.3) is 0 Å². The Labute approximate surface area is 107 Å². The van der Waals surface area contributed by atoms with E-state index in [2.05, 4.69) is 0 Å². The van der Waals surface area contributed by atoms with Gasteiger partial charge in [0.1, 0.15) is 5.82 Å². The van der Waals surface area contributed by atoms with Crippen molar-refractivity contribution in [2.75, 3.05) is 18.8 Å². The summed E-state index contributed by atoms with van der Waals surface area (Å²) in [7, 11) is 0. The Balaban J connectivity index is 2.78. The summed E-state index contributed by atoms with van der Waals surface area (Å²) in [5.74, 6) is -0.388. The number of amides is 1. The molecule has 0 heterocycles. The zero-order valence-corrected chi connectivity index (χ0v) is 10.8. The van der Waals surface area contributed by atoms with Gasteiger partial charge in [-0.05, 0) is 18.1 Å². The Morgan fingerprint density at radius 3 is 2.61 bits per heavy atom. The molecule has 0 unspecified atom stereocenters. The van der Waals surface area contributed by atoms with Crippen LogP contribution in [0.5, 0.6) is 0 Å². The number of nitrogens with two attached hydrogens (primary N) is 2. The maximum atomic E-state index is 13.7. The highest BCUT2D eigenvalue weighted by Gasteiger charge is 2.13. The van der Waals surface area contributed by atoms with Crippen molar-refractivity contribution in [3.05, 3.63) is 29.6 Å². The average Bonchev–Trinajstić information content (AvgIpc) is 2.20. The second-order valence-corrected chi connectivity index (χ2v) is 4.88. The minimum absolute atomic E-state index is 0.127. The molecule has 1 rings (SSSR count). The predicted molar refractivity (Wildman–Crippen MR) is 70.1 cm³/mol. The summed E-state index contributed by atoms with van der Waals surface area (Å²) >= 11 is 0. The van der Waals surface area contributed by atoms with E-state index in [-0.39, 0.29) is 12.4 Å². The van der Waals surface area contributed by atoms with Gasteiger partial charge >= 0.3 is 0 Å². The molecule has 1 aromatic rings. The first kappa shape index (κ1) is 14.4. The summed E-state index contributed by atoms with van der Waals surface area (Å²) in [5, 5.41) is 0. The standard InChI is InChI=1S/C13H20FN3O/c1-9(2)6-17(8-13(16)18)7-10-3-4-11(15)5-12(10)14/h3-5,9H,6-8,15H2,1-2H3,(H2,16,18). The van der Waals surface area contributed by atoms with E-state index in [0.717, 1.165) is 0 Å². The number of benzene rings is 1. The molecular weight excluding hydrogens is 233 g/mol. The van der Waals surface area contributed by atoms with Gasteiger partial charge in [-0.3, -0.25) is 9.69 Å². The molecule has 0 atom stereocenters.